The Labute approximate surface area is 151 Å². The Morgan fingerprint density at radius 3 is 2.88 bits per heavy atom. The number of nitrogens with zero attached hydrogens (tertiary/aromatic N) is 4. The zero-order chi connectivity index (χ0) is 17.9. The largest absolute Gasteiger partial charge is 0.365 e. The van der Waals surface area contributed by atoms with Crippen LogP contribution in [0.5, 0.6) is 0 Å². The molecule has 26 heavy (non-hydrogen) atoms. The standard InChI is InChI=1S/C18H23N5O3/c24-17(12-23-15-8-4-3-7-14(15)20-21-23)22-9-10-26-16(11-22)18(25)19-13-5-1-2-6-13/h3-4,7-8,13,16H,1-2,5-6,9-12H2,(H,19,25). The van der Waals surface area contributed by atoms with E-state index >= 15 is 0 Å². The Morgan fingerprint density at radius 2 is 2.04 bits per heavy atom. The van der Waals surface area contributed by atoms with Gasteiger partial charge < -0.3 is 15.0 Å². The Morgan fingerprint density at radius 1 is 1.23 bits per heavy atom. The van der Waals surface area contributed by atoms with Crippen LogP contribution in [0.1, 0.15) is 25.7 Å². The van der Waals surface area contributed by atoms with Gasteiger partial charge in [0.15, 0.2) is 6.10 Å². The van der Waals surface area contributed by atoms with Crippen LogP contribution in [0.2, 0.25) is 0 Å². The molecule has 8 nitrogen and oxygen atoms in total. The predicted molar refractivity (Wildman–Crippen MR) is 94.2 cm³/mol. The number of carbonyl (C=O) groups excluding carboxylic acids is 2. The fourth-order valence-electron chi connectivity index (χ4n) is 3.66. The predicted octanol–water partition coefficient (Wildman–Crippen LogP) is 0.717. The summed E-state index contributed by atoms with van der Waals surface area (Å²) in [6.07, 6.45) is 3.78. The maximum Gasteiger partial charge on any atom is 0.251 e. The van der Waals surface area contributed by atoms with Gasteiger partial charge in [-0.2, -0.15) is 0 Å². The van der Waals surface area contributed by atoms with Crippen molar-refractivity contribution in [1.29, 1.82) is 0 Å². The summed E-state index contributed by atoms with van der Waals surface area (Å²) in [5.41, 5.74) is 1.58. The van der Waals surface area contributed by atoms with Crippen LogP contribution in [-0.4, -0.2) is 63.6 Å². The number of fused-ring (bicyclic) bond motifs is 1. The molecule has 1 aromatic carbocycles. The van der Waals surface area contributed by atoms with E-state index in [0.717, 1.165) is 36.7 Å². The molecule has 2 aliphatic rings. The van der Waals surface area contributed by atoms with Gasteiger partial charge in [0.05, 0.1) is 18.7 Å². The molecule has 1 N–H and O–H groups in total. The van der Waals surface area contributed by atoms with Crippen LogP contribution in [0.4, 0.5) is 0 Å². The number of morpholine rings is 1. The van der Waals surface area contributed by atoms with Gasteiger partial charge in [-0.15, -0.1) is 5.10 Å². The summed E-state index contributed by atoms with van der Waals surface area (Å²) in [5.74, 6) is -0.191. The van der Waals surface area contributed by atoms with Gasteiger partial charge in [-0.3, -0.25) is 9.59 Å². The first kappa shape index (κ1) is 17.0. The summed E-state index contributed by atoms with van der Waals surface area (Å²) in [7, 11) is 0. The molecule has 8 heteroatoms. The molecule has 1 saturated carbocycles. The molecule has 4 rings (SSSR count). The second-order valence-electron chi connectivity index (χ2n) is 6.92. The Bertz CT molecular complexity index is 799. The molecule has 1 unspecified atom stereocenters. The number of para-hydroxylation sites is 1. The van der Waals surface area contributed by atoms with E-state index in [1.807, 2.05) is 24.3 Å². The number of carbonyl (C=O) groups is 2. The molecule has 0 spiro atoms. The second kappa shape index (κ2) is 7.41. The topological polar surface area (TPSA) is 89.4 Å². The number of hydrogen-bond acceptors (Lipinski definition) is 5. The van der Waals surface area contributed by atoms with Crippen LogP contribution in [-0.2, 0) is 20.9 Å². The Balaban J connectivity index is 1.37. The number of rotatable bonds is 4. The zero-order valence-corrected chi connectivity index (χ0v) is 14.6. The van der Waals surface area contributed by atoms with E-state index in [0.29, 0.717) is 13.2 Å². The van der Waals surface area contributed by atoms with Crippen LogP contribution in [0.25, 0.3) is 11.0 Å². The van der Waals surface area contributed by atoms with E-state index < -0.39 is 6.10 Å². The van der Waals surface area contributed by atoms with Crippen molar-refractivity contribution in [2.45, 2.75) is 44.4 Å². The second-order valence-corrected chi connectivity index (χ2v) is 6.92. The molecule has 1 aliphatic heterocycles. The summed E-state index contributed by atoms with van der Waals surface area (Å²) >= 11 is 0. The molecule has 0 radical (unpaired) electrons. The molecule has 2 aromatic rings. The fourth-order valence-corrected chi connectivity index (χ4v) is 3.66. The van der Waals surface area contributed by atoms with Gasteiger partial charge >= 0.3 is 0 Å². The van der Waals surface area contributed by atoms with Gasteiger partial charge in [-0.25, -0.2) is 4.68 Å². The highest BCUT2D eigenvalue weighted by Crippen LogP contribution is 2.18. The lowest BCUT2D eigenvalue weighted by Crippen LogP contribution is -2.53. The van der Waals surface area contributed by atoms with Crippen molar-refractivity contribution in [2.75, 3.05) is 19.7 Å². The Kier molecular flexibility index (Phi) is 4.83. The van der Waals surface area contributed by atoms with Crippen LogP contribution in [0.3, 0.4) is 0 Å². The average molecular weight is 357 g/mol. The van der Waals surface area contributed by atoms with E-state index in [1.165, 1.54) is 0 Å². The third-order valence-corrected chi connectivity index (χ3v) is 5.12. The van der Waals surface area contributed by atoms with Gasteiger partial charge in [-0.1, -0.05) is 30.2 Å². The van der Waals surface area contributed by atoms with E-state index in [4.69, 9.17) is 4.74 Å². The highest BCUT2D eigenvalue weighted by atomic mass is 16.5. The number of benzene rings is 1. The minimum Gasteiger partial charge on any atom is -0.365 e. The summed E-state index contributed by atoms with van der Waals surface area (Å²) in [6.45, 7) is 1.24. The highest BCUT2D eigenvalue weighted by Gasteiger charge is 2.31. The molecule has 1 aliphatic carbocycles. The van der Waals surface area contributed by atoms with Crippen molar-refractivity contribution in [3.05, 3.63) is 24.3 Å². The molecule has 138 valence electrons. The summed E-state index contributed by atoms with van der Waals surface area (Å²) in [4.78, 5) is 26.8. The van der Waals surface area contributed by atoms with Crippen molar-refractivity contribution in [3.63, 3.8) is 0 Å². The summed E-state index contributed by atoms with van der Waals surface area (Å²) in [5, 5.41) is 11.2. The molecule has 1 aromatic heterocycles. The third-order valence-electron chi connectivity index (χ3n) is 5.12. The van der Waals surface area contributed by atoms with Crippen molar-refractivity contribution >= 4 is 22.8 Å². The van der Waals surface area contributed by atoms with Crippen molar-refractivity contribution in [1.82, 2.24) is 25.2 Å². The minimum absolute atomic E-state index is 0.0809. The summed E-state index contributed by atoms with van der Waals surface area (Å²) in [6, 6.07) is 7.78. The monoisotopic (exact) mass is 357 g/mol. The fraction of sp³-hybridized carbons (Fsp3) is 0.556. The van der Waals surface area contributed by atoms with Crippen LogP contribution >= 0.6 is 0 Å². The SMILES string of the molecule is O=C(NC1CCCC1)C1CN(C(=O)Cn2nnc3ccccc32)CCO1. The maximum atomic E-state index is 12.7. The van der Waals surface area contributed by atoms with Gasteiger partial charge in [0, 0.05) is 12.6 Å². The molecule has 2 heterocycles. The van der Waals surface area contributed by atoms with E-state index in [-0.39, 0.29) is 30.9 Å². The smallest absolute Gasteiger partial charge is 0.251 e. The lowest BCUT2D eigenvalue weighted by molar-refractivity contribution is -0.148. The number of hydrogen-bond donors (Lipinski definition) is 1. The van der Waals surface area contributed by atoms with E-state index in [1.54, 1.807) is 9.58 Å². The van der Waals surface area contributed by atoms with Crippen molar-refractivity contribution in [2.24, 2.45) is 0 Å². The zero-order valence-electron chi connectivity index (χ0n) is 14.6. The lowest BCUT2D eigenvalue weighted by atomic mass is 10.2. The van der Waals surface area contributed by atoms with Crippen LogP contribution in [0, 0.1) is 0 Å². The van der Waals surface area contributed by atoms with E-state index in [2.05, 4.69) is 15.6 Å². The molecule has 1 saturated heterocycles. The first-order valence-electron chi connectivity index (χ1n) is 9.19. The van der Waals surface area contributed by atoms with Crippen LogP contribution in [0.15, 0.2) is 24.3 Å². The van der Waals surface area contributed by atoms with Gasteiger partial charge in [0.1, 0.15) is 12.1 Å². The van der Waals surface area contributed by atoms with Crippen LogP contribution < -0.4 is 5.32 Å². The van der Waals surface area contributed by atoms with Gasteiger partial charge in [0.25, 0.3) is 5.91 Å². The maximum absolute atomic E-state index is 12.7. The number of amides is 2. The molecular weight excluding hydrogens is 334 g/mol. The number of aromatic nitrogens is 3. The normalized spacial score (nSPS) is 21.2. The third kappa shape index (κ3) is 3.55. The first-order chi connectivity index (χ1) is 12.7. The first-order valence-corrected chi connectivity index (χ1v) is 9.19. The summed E-state index contributed by atoms with van der Waals surface area (Å²) < 4.78 is 7.19. The molecule has 2 fully saturated rings. The van der Waals surface area contributed by atoms with Crippen molar-refractivity contribution in [3.8, 4) is 0 Å². The quantitative estimate of drug-likeness (QED) is 0.871. The highest BCUT2D eigenvalue weighted by molar-refractivity contribution is 5.84. The van der Waals surface area contributed by atoms with Crippen molar-refractivity contribution < 1.29 is 14.3 Å². The molecule has 2 amide bonds. The molecular formula is C18H23N5O3. The van der Waals surface area contributed by atoms with E-state index in [9.17, 15) is 9.59 Å². The van der Waals surface area contributed by atoms with Gasteiger partial charge in [0.2, 0.25) is 5.91 Å². The van der Waals surface area contributed by atoms with Gasteiger partial charge in [-0.05, 0) is 25.0 Å². The minimum atomic E-state index is -0.596. The number of ether oxygens (including phenoxy) is 1. The average Bonchev–Trinajstić information content (AvgIpc) is 3.32. The lowest BCUT2D eigenvalue weighted by Gasteiger charge is -2.32. The molecule has 0 bridgehead atoms. The number of nitrogens with one attached hydrogen (secondary N) is 1. The molecule has 1 atom stereocenters. The Hall–Kier alpha value is -2.48.